The molecule has 17 N–H and O–H groups in total. The summed E-state index contributed by atoms with van der Waals surface area (Å²) in [5, 5.41) is 74.4. The summed E-state index contributed by atoms with van der Waals surface area (Å²) in [6, 6.07) is -8.13. The number of carbonyl (C=O) groups is 8. The molecule has 17 atom stereocenters. The zero-order valence-electron chi connectivity index (χ0n) is 41.8. The highest BCUT2D eigenvalue weighted by molar-refractivity contribution is 7.61. The van der Waals surface area contributed by atoms with Crippen molar-refractivity contribution < 1.29 is 115 Å². The van der Waals surface area contributed by atoms with Crippen LogP contribution in [0.4, 0.5) is 0 Å². The van der Waals surface area contributed by atoms with Crippen molar-refractivity contribution in [2.75, 3.05) is 19.8 Å². The highest BCUT2D eigenvalue weighted by Crippen LogP contribution is 2.61. The molecule has 0 radical (unpaired) electrons. The number of rotatable bonds is 30. The molecule has 2 unspecified atom stereocenters. The van der Waals surface area contributed by atoms with Gasteiger partial charge in [0.25, 0.3) is 5.56 Å². The van der Waals surface area contributed by atoms with Crippen LogP contribution in [0.1, 0.15) is 73.0 Å². The molecule has 6 amide bonds. The summed E-state index contributed by atoms with van der Waals surface area (Å²) in [5.74, 6) is -8.67. The largest absolute Gasteiger partial charge is 0.483 e. The Morgan fingerprint density at radius 3 is 1.95 bits per heavy atom. The minimum absolute atomic E-state index is 0.0339. The predicted molar refractivity (Wildman–Crippen MR) is 253 cm³/mol. The Hall–Kier alpha value is -5.62. The first-order valence-electron chi connectivity index (χ1n) is 23.4. The van der Waals surface area contributed by atoms with Crippen molar-refractivity contribution in [3.05, 3.63) is 33.1 Å². The van der Waals surface area contributed by atoms with Gasteiger partial charge in [-0.1, -0.05) is 0 Å². The van der Waals surface area contributed by atoms with Crippen molar-refractivity contribution in [1.29, 1.82) is 0 Å². The van der Waals surface area contributed by atoms with E-state index in [1.807, 2.05) is 4.98 Å². The van der Waals surface area contributed by atoms with Gasteiger partial charge < -0.3 is 92.3 Å². The zero-order chi connectivity index (χ0) is 58.3. The number of aliphatic hydroxyl groups is 4. The van der Waals surface area contributed by atoms with E-state index in [0.29, 0.717) is 17.4 Å². The Morgan fingerprint density at radius 2 is 1.38 bits per heavy atom. The number of H-pyrrole nitrogens is 1. The van der Waals surface area contributed by atoms with E-state index < -0.39 is 192 Å². The summed E-state index contributed by atoms with van der Waals surface area (Å²) in [6.07, 6.45) is -16.4. The molecule has 0 spiro atoms. The number of carboxylic acids is 2. The van der Waals surface area contributed by atoms with E-state index >= 15 is 0 Å². The van der Waals surface area contributed by atoms with Gasteiger partial charge in [0.15, 0.2) is 12.5 Å². The van der Waals surface area contributed by atoms with Gasteiger partial charge in [-0.25, -0.2) is 18.7 Å². The van der Waals surface area contributed by atoms with Crippen LogP contribution >= 0.6 is 15.6 Å². The van der Waals surface area contributed by atoms with Gasteiger partial charge in [-0.05, 0) is 59.9 Å². The van der Waals surface area contributed by atoms with Gasteiger partial charge in [0.05, 0.1) is 13.2 Å². The van der Waals surface area contributed by atoms with Crippen LogP contribution in [-0.2, 0) is 75.1 Å². The molecule has 3 rings (SSSR count). The van der Waals surface area contributed by atoms with Crippen LogP contribution in [-0.4, -0.2) is 202 Å². The van der Waals surface area contributed by atoms with Gasteiger partial charge in [-0.15, -0.1) is 0 Å². The van der Waals surface area contributed by atoms with Crippen molar-refractivity contribution >= 4 is 63.0 Å². The number of aliphatic hydroxyl groups excluding tert-OH is 4. The number of carbonyl (C=O) groups excluding carboxylic acids is 6. The third-order valence-electron chi connectivity index (χ3n) is 11.4. The van der Waals surface area contributed by atoms with E-state index in [1.165, 1.54) is 13.8 Å². The molecule has 35 nitrogen and oxygen atoms in total. The van der Waals surface area contributed by atoms with Gasteiger partial charge in [0.2, 0.25) is 35.4 Å². The summed E-state index contributed by atoms with van der Waals surface area (Å²) in [5.41, 5.74) is 3.66. The number of aromatic amines is 1. The van der Waals surface area contributed by atoms with E-state index in [1.54, 1.807) is 0 Å². The van der Waals surface area contributed by atoms with Gasteiger partial charge in [0, 0.05) is 25.6 Å². The minimum atomic E-state index is -5.95. The van der Waals surface area contributed by atoms with Crippen molar-refractivity contribution in [3.63, 3.8) is 0 Å². The van der Waals surface area contributed by atoms with Crippen LogP contribution in [0, 0.1) is 0 Å². The molecule has 2 saturated heterocycles. The first-order valence-corrected chi connectivity index (χ1v) is 26.4. The van der Waals surface area contributed by atoms with Gasteiger partial charge >= 0.3 is 33.3 Å². The SMILES string of the molecule is CC(=O)N[C@H]1[C@@H](OP(=O)(O)OP(=O)(O)OC[C@@H]2O[C@H](n3ccc(=O)[nH]c3=O)[C@H](O)[C@@H]2O)O[C@@H](CO)[C@@H](O)[C@@H]1O[C@@H](C)C(=O)N[C@H](C)C(=O)N[C@@H](CCC(=O)N[C@H](CCCCN)C(=O)N[C@@H](C)C(=O)N[C@@H](C)C(=O)O)C(=O)O. The van der Waals surface area contributed by atoms with Crippen LogP contribution in [0.25, 0.3) is 0 Å². The standard InChI is InChI=1S/C40H65N9O26P2/c1-16(32(57)44-18(3)37(61)62)43-35(60)21(8-6-7-12-41)46-25(52)10-9-22(38(63)64)47-33(58)17(2)42-34(59)19(4)71-31-27(45-20(5)51)39(73-23(14-50)29(31)55)74-77(68,69)75-76(66,67)70-15-24-28(54)30(56)36(72-24)49-13-11-26(53)48-40(49)65/h11,13,16-19,21-24,27-31,36,39,50,54-56H,6-10,12,14-15,41H2,1-5H3,(H,42,59)(H,43,60)(H,44,57)(H,45,51)(H,46,52)(H,47,58)(H,61,62)(H,63,64)(H,66,67)(H,68,69)(H,48,53,65)/t16-,17+,18-,19-,21+,22-,23-,24-,27+,28+,29+,30+,31+,36-,39+/m0/s1. The third kappa shape index (κ3) is 20.0. The lowest BCUT2D eigenvalue weighted by Gasteiger charge is -2.44. The Kier molecular flexibility index (Phi) is 25.1. The zero-order valence-corrected chi connectivity index (χ0v) is 43.6. The lowest BCUT2D eigenvalue weighted by Crippen LogP contribution is -2.66. The second kappa shape index (κ2) is 29.4. The lowest BCUT2D eigenvalue weighted by atomic mass is 9.96. The van der Waals surface area contributed by atoms with E-state index in [0.717, 1.165) is 33.0 Å². The molecule has 2 aliphatic rings. The normalized spacial score (nSPS) is 26.2. The van der Waals surface area contributed by atoms with Crippen LogP contribution in [0.15, 0.2) is 21.9 Å². The molecule has 0 aliphatic carbocycles. The highest BCUT2D eigenvalue weighted by Gasteiger charge is 2.52. The van der Waals surface area contributed by atoms with E-state index in [-0.39, 0.29) is 13.0 Å². The number of ether oxygens (including phenoxy) is 3. The molecule has 0 saturated carbocycles. The van der Waals surface area contributed by atoms with Crippen LogP contribution in [0.2, 0.25) is 0 Å². The molecule has 1 aromatic heterocycles. The summed E-state index contributed by atoms with van der Waals surface area (Å²) in [4.78, 5) is 147. The Morgan fingerprint density at radius 1 is 0.766 bits per heavy atom. The Bertz CT molecular complexity index is 2480. The number of phosphoric ester groups is 2. The fourth-order valence-electron chi connectivity index (χ4n) is 7.24. The maximum Gasteiger partial charge on any atom is 0.483 e. The van der Waals surface area contributed by atoms with Crippen LogP contribution in [0.5, 0.6) is 0 Å². The minimum Gasteiger partial charge on any atom is -0.480 e. The number of hydrogen-bond donors (Lipinski definition) is 16. The molecule has 77 heavy (non-hydrogen) atoms. The third-order valence-corrected chi connectivity index (χ3v) is 14.0. The summed E-state index contributed by atoms with van der Waals surface area (Å²) in [7, 11) is -11.7. The monoisotopic (exact) mass is 1150 g/mol. The van der Waals surface area contributed by atoms with Crippen LogP contribution in [0.3, 0.4) is 0 Å². The smallest absolute Gasteiger partial charge is 0.480 e. The number of nitrogens with two attached hydrogens (primary N) is 1. The van der Waals surface area contributed by atoms with Crippen molar-refractivity contribution in [2.24, 2.45) is 5.73 Å². The molecule has 1 aromatic rings. The average Bonchev–Trinajstić information content (AvgIpc) is 3.61. The van der Waals surface area contributed by atoms with E-state index in [2.05, 4.69) is 40.7 Å². The Balaban J connectivity index is 1.65. The first-order chi connectivity index (χ1) is 35.8. The number of phosphoric acid groups is 2. The fraction of sp³-hybridized carbons (Fsp3) is 0.700. The first kappa shape index (κ1) is 65.7. The fourth-order valence-corrected chi connectivity index (χ4v) is 9.40. The molecule has 3 heterocycles. The van der Waals surface area contributed by atoms with Crippen LogP contribution < -0.4 is 48.9 Å². The number of nitrogens with one attached hydrogen (secondary N) is 7. The van der Waals surface area contributed by atoms with Gasteiger partial charge in [0.1, 0.15) is 79.0 Å². The number of aliphatic carboxylic acids is 2. The molecule has 0 bridgehead atoms. The van der Waals surface area contributed by atoms with Crippen molar-refractivity contribution in [1.82, 2.24) is 41.5 Å². The molecule has 0 aromatic carbocycles. The highest BCUT2D eigenvalue weighted by atomic mass is 31.3. The van der Waals surface area contributed by atoms with Gasteiger partial charge in [-0.2, -0.15) is 4.31 Å². The maximum atomic E-state index is 13.4. The number of nitrogens with zero attached hydrogens (tertiary/aromatic N) is 1. The van der Waals surface area contributed by atoms with Gasteiger partial charge in [-0.3, -0.25) is 57.0 Å². The Labute approximate surface area is 436 Å². The summed E-state index contributed by atoms with van der Waals surface area (Å²) >= 11 is 0. The van der Waals surface area contributed by atoms with Crippen molar-refractivity contribution in [2.45, 2.75) is 158 Å². The topological polar surface area (TPSA) is 541 Å². The molecular weight excluding hydrogens is 1080 g/mol. The number of amides is 6. The average molecular weight is 1150 g/mol. The number of carboxylic acid groups (broad SMARTS) is 2. The lowest BCUT2D eigenvalue weighted by molar-refractivity contribution is -0.261. The second-order valence-electron chi connectivity index (χ2n) is 17.5. The maximum absolute atomic E-state index is 13.4. The number of unbranched alkanes of at least 4 members (excludes halogenated alkanes) is 1. The predicted octanol–water partition coefficient (Wildman–Crippen LogP) is -6.68. The number of hydrogen-bond acceptors (Lipinski definition) is 23. The summed E-state index contributed by atoms with van der Waals surface area (Å²) in [6.45, 7) is 3.53. The second-order valence-corrected chi connectivity index (χ2v) is 20.5. The van der Waals surface area contributed by atoms with E-state index in [9.17, 15) is 92.4 Å². The van der Waals surface area contributed by atoms with E-state index in [4.69, 9.17) is 29.6 Å². The molecule has 436 valence electrons. The van der Waals surface area contributed by atoms with Crippen molar-refractivity contribution in [3.8, 4) is 0 Å². The molecule has 37 heteroatoms. The molecule has 2 fully saturated rings. The summed E-state index contributed by atoms with van der Waals surface area (Å²) < 4.78 is 57.0. The molecule has 2 aliphatic heterocycles. The molecular formula is C40H65N9O26P2. The number of aromatic nitrogens is 2. The quantitative estimate of drug-likeness (QED) is 0.0251.